The number of rotatable bonds is 9. The first kappa shape index (κ1) is 24.9. The Labute approximate surface area is 218 Å². The number of ether oxygens (including phenoxy) is 2. The number of aliphatic imine (C=N–C) groups is 1. The van der Waals surface area contributed by atoms with Crippen LogP contribution in [0.3, 0.4) is 0 Å². The molecule has 1 N–H and O–H groups in total. The molecule has 2 aromatic carbocycles. The summed E-state index contributed by atoms with van der Waals surface area (Å²) in [5.41, 5.74) is 4.31. The summed E-state index contributed by atoms with van der Waals surface area (Å²) in [6, 6.07) is 11.5. The number of nitrogens with one attached hydrogen (secondary N) is 1. The van der Waals surface area contributed by atoms with Crippen LogP contribution in [0.2, 0.25) is 5.02 Å². The van der Waals surface area contributed by atoms with Crippen molar-refractivity contribution in [1.29, 1.82) is 0 Å². The zero-order valence-corrected chi connectivity index (χ0v) is 21.2. The number of nitrogens with zero attached hydrogens (tertiary/aromatic N) is 5. The van der Waals surface area contributed by atoms with Crippen molar-refractivity contribution in [3.8, 4) is 5.75 Å². The molecule has 10 heteroatoms. The Morgan fingerprint density at radius 2 is 1.92 bits per heavy atom. The highest BCUT2D eigenvalue weighted by atomic mass is 35.5. The normalized spacial score (nSPS) is 15.1. The first-order chi connectivity index (χ1) is 18.1. The predicted molar refractivity (Wildman–Crippen MR) is 142 cm³/mol. The maximum absolute atomic E-state index is 14.7. The van der Waals surface area contributed by atoms with Crippen LogP contribution in [0.5, 0.6) is 5.75 Å². The van der Waals surface area contributed by atoms with Crippen molar-refractivity contribution in [2.24, 2.45) is 4.99 Å². The minimum absolute atomic E-state index is 0.131. The van der Waals surface area contributed by atoms with Crippen molar-refractivity contribution < 1.29 is 13.9 Å². The molecular weight excluding hydrogens is 495 g/mol. The maximum Gasteiger partial charge on any atom is 0.186 e. The lowest BCUT2D eigenvalue weighted by Crippen LogP contribution is -2.16. The van der Waals surface area contributed by atoms with Gasteiger partial charge in [0.25, 0.3) is 0 Å². The van der Waals surface area contributed by atoms with Gasteiger partial charge in [-0.2, -0.15) is 5.10 Å². The number of aromatic nitrogens is 4. The molecule has 8 nitrogen and oxygen atoms in total. The van der Waals surface area contributed by atoms with Gasteiger partial charge in [0, 0.05) is 43.1 Å². The Hall–Kier alpha value is -3.82. The van der Waals surface area contributed by atoms with Crippen LogP contribution < -0.4 is 10.1 Å². The van der Waals surface area contributed by atoms with Crippen LogP contribution in [-0.4, -0.2) is 46.4 Å². The van der Waals surface area contributed by atoms with E-state index in [1.165, 1.54) is 30.6 Å². The molecule has 1 atom stereocenters. The lowest BCUT2D eigenvalue weighted by molar-refractivity contribution is 0.136. The van der Waals surface area contributed by atoms with Crippen molar-refractivity contribution in [1.82, 2.24) is 19.7 Å². The second-order valence-electron chi connectivity index (χ2n) is 8.61. The van der Waals surface area contributed by atoms with Gasteiger partial charge in [0.15, 0.2) is 23.4 Å². The fourth-order valence-corrected chi connectivity index (χ4v) is 4.50. The largest absolute Gasteiger partial charge is 0.494 e. The third-order valence-corrected chi connectivity index (χ3v) is 6.56. The summed E-state index contributed by atoms with van der Waals surface area (Å²) in [4.78, 5) is 13.0. The Morgan fingerprint density at radius 1 is 1.11 bits per heavy atom. The SMILES string of the molecule is COc1ccc(Cl)c(CNc2ncnc3nn(Cc4ccc(CC5=CCC=NC5OC)cc4)cc23)c1F. The monoisotopic (exact) mass is 520 g/mol. The molecule has 0 fully saturated rings. The van der Waals surface area contributed by atoms with E-state index in [-0.39, 0.29) is 18.5 Å². The smallest absolute Gasteiger partial charge is 0.186 e. The molecule has 0 radical (unpaired) electrons. The molecule has 0 saturated carbocycles. The fraction of sp³-hybridized carbons (Fsp3) is 0.259. The van der Waals surface area contributed by atoms with Crippen LogP contribution in [0.1, 0.15) is 23.1 Å². The van der Waals surface area contributed by atoms with Crippen molar-refractivity contribution in [3.63, 3.8) is 0 Å². The molecule has 1 aliphatic heterocycles. The summed E-state index contributed by atoms with van der Waals surface area (Å²) in [7, 11) is 3.09. The van der Waals surface area contributed by atoms with Crippen molar-refractivity contribution in [2.75, 3.05) is 19.5 Å². The molecule has 2 aromatic heterocycles. The lowest BCUT2D eigenvalue weighted by atomic mass is 10.0. The summed E-state index contributed by atoms with van der Waals surface area (Å²) in [6.45, 7) is 0.701. The Morgan fingerprint density at radius 3 is 2.70 bits per heavy atom. The summed E-state index contributed by atoms with van der Waals surface area (Å²) >= 11 is 6.22. The number of halogens is 2. The molecule has 0 amide bonds. The first-order valence-corrected chi connectivity index (χ1v) is 12.2. The van der Waals surface area contributed by atoms with Crippen molar-refractivity contribution in [3.05, 3.63) is 88.1 Å². The quantitative estimate of drug-likeness (QED) is 0.305. The molecular formula is C27H26ClFN6O2. The molecule has 0 bridgehead atoms. The third kappa shape index (κ3) is 5.47. The number of dihydropyridines is 1. The van der Waals surface area contributed by atoms with E-state index in [0.717, 1.165) is 23.8 Å². The van der Waals surface area contributed by atoms with Gasteiger partial charge in [0.2, 0.25) is 0 Å². The summed E-state index contributed by atoms with van der Waals surface area (Å²) in [5.74, 6) is 0.175. The summed E-state index contributed by atoms with van der Waals surface area (Å²) in [5, 5.41) is 8.78. The minimum atomic E-state index is -0.503. The molecule has 0 spiro atoms. The Kier molecular flexibility index (Phi) is 7.43. The second-order valence-corrected chi connectivity index (χ2v) is 9.02. The molecule has 0 saturated heterocycles. The maximum atomic E-state index is 14.7. The van der Waals surface area contributed by atoms with E-state index >= 15 is 0 Å². The van der Waals surface area contributed by atoms with E-state index in [2.05, 4.69) is 55.7 Å². The van der Waals surface area contributed by atoms with Gasteiger partial charge in [-0.1, -0.05) is 41.9 Å². The summed E-state index contributed by atoms with van der Waals surface area (Å²) in [6.07, 6.45) is 8.79. The van der Waals surface area contributed by atoms with Crippen LogP contribution in [0.25, 0.3) is 11.0 Å². The zero-order chi connectivity index (χ0) is 25.8. The number of hydrogen-bond acceptors (Lipinski definition) is 7. The molecule has 37 heavy (non-hydrogen) atoms. The van der Waals surface area contributed by atoms with Crippen molar-refractivity contribution >= 4 is 34.7 Å². The molecule has 1 aliphatic rings. The number of allylic oxidation sites excluding steroid dienone is 1. The van der Waals surface area contributed by atoms with Gasteiger partial charge in [-0.15, -0.1) is 0 Å². The number of anilines is 1. The third-order valence-electron chi connectivity index (χ3n) is 6.21. The average Bonchev–Trinajstić information content (AvgIpc) is 3.33. The minimum Gasteiger partial charge on any atom is -0.494 e. The summed E-state index contributed by atoms with van der Waals surface area (Å²) < 4.78 is 27.0. The highest BCUT2D eigenvalue weighted by Gasteiger charge is 2.16. The first-order valence-electron chi connectivity index (χ1n) is 11.8. The molecule has 3 heterocycles. The highest BCUT2D eigenvalue weighted by molar-refractivity contribution is 6.31. The van der Waals surface area contributed by atoms with Gasteiger partial charge in [-0.3, -0.25) is 9.67 Å². The molecule has 4 aromatic rings. The number of hydrogen-bond donors (Lipinski definition) is 1. The van der Waals surface area contributed by atoms with E-state index in [0.29, 0.717) is 28.6 Å². The zero-order valence-electron chi connectivity index (χ0n) is 20.5. The van der Waals surface area contributed by atoms with Gasteiger partial charge in [0.05, 0.1) is 19.0 Å². The van der Waals surface area contributed by atoms with E-state index in [4.69, 9.17) is 21.1 Å². The lowest BCUT2D eigenvalue weighted by Gasteiger charge is -2.18. The van der Waals surface area contributed by atoms with Crippen LogP contribution in [0.4, 0.5) is 10.2 Å². The van der Waals surface area contributed by atoms with Crippen LogP contribution in [0, 0.1) is 5.82 Å². The van der Waals surface area contributed by atoms with E-state index in [9.17, 15) is 4.39 Å². The fourth-order valence-electron chi connectivity index (χ4n) is 4.29. The molecule has 190 valence electrons. The Balaban J connectivity index is 1.29. The van der Waals surface area contributed by atoms with Crippen LogP contribution in [-0.2, 0) is 24.2 Å². The van der Waals surface area contributed by atoms with Crippen molar-refractivity contribution in [2.45, 2.75) is 32.2 Å². The standard InChI is InChI=1S/C27H26ClFN6O2/c1-36-23-10-9-22(28)20(24(23)29)13-31-25-21-15-35(34-26(21)33-16-32-25)14-18-7-5-17(6-8-18)12-19-4-3-11-30-27(19)37-2/h4-11,15-16,27H,3,12-14H2,1-2H3,(H,31,32,33,34). The van der Waals surface area contributed by atoms with E-state index < -0.39 is 5.82 Å². The number of benzene rings is 2. The van der Waals surface area contributed by atoms with Crippen LogP contribution >= 0.6 is 11.6 Å². The van der Waals surface area contributed by atoms with Gasteiger partial charge in [0.1, 0.15) is 12.1 Å². The van der Waals surface area contributed by atoms with Crippen LogP contribution in [0.15, 0.2) is 65.6 Å². The number of methoxy groups -OCH3 is 2. The van der Waals surface area contributed by atoms with Gasteiger partial charge < -0.3 is 14.8 Å². The number of fused-ring (bicyclic) bond motifs is 1. The highest BCUT2D eigenvalue weighted by Crippen LogP contribution is 2.28. The van der Waals surface area contributed by atoms with Gasteiger partial charge in [-0.25, -0.2) is 14.4 Å². The van der Waals surface area contributed by atoms with E-state index in [1.54, 1.807) is 13.2 Å². The predicted octanol–water partition coefficient (Wildman–Crippen LogP) is 5.20. The molecule has 0 aliphatic carbocycles. The topological polar surface area (TPSA) is 86.5 Å². The van der Waals surface area contributed by atoms with E-state index in [1.807, 2.05) is 17.1 Å². The molecule has 1 unspecified atom stereocenters. The Bertz CT molecular complexity index is 1470. The van der Waals surface area contributed by atoms with Gasteiger partial charge >= 0.3 is 0 Å². The average molecular weight is 521 g/mol. The van der Waals surface area contributed by atoms with Gasteiger partial charge in [-0.05, 0) is 35.3 Å². The molecule has 5 rings (SSSR count). The second kappa shape index (κ2) is 11.1.